The van der Waals surface area contributed by atoms with Crippen molar-refractivity contribution >= 4 is 11.6 Å². The van der Waals surface area contributed by atoms with E-state index < -0.39 is 0 Å². The quantitative estimate of drug-likeness (QED) is 0.923. The van der Waals surface area contributed by atoms with Crippen molar-refractivity contribution in [3.05, 3.63) is 34.9 Å². The van der Waals surface area contributed by atoms with Crippen LogP contribution in [-0.4, -0.2) is 35.7 Å². The van der Waals surface area contributed by atoms with Gasteiger partial charge >= 0.3 is 0 Å². The summed E-state index contributed by atoms with van der Waals surface area (Å²) in [5.74, 6) is 0. The maximum Gasteiger partial charge on any atom is 0.0757 e. The summed E-state index contributed by atoms with van der Waals surface area (Å²) >= 11 is 6.18. The number of rotatable bonds is 4. The van der Waals surface area contributed by atoms with Crippen molar-refractivity contribution in [2.24, 2.45) is 5.73 Å². The molecular weight excluding hydrogens is 284 g/mol. The number of halogens is 1. The van der Waals surface area contributed by atoms with E-state index in [1.165, 1.54) is 5.56 Å². The molecular formula is C17H27ClN2O. The van der Waals surface area contributed by atoms with Gasteiger partial charge in [0.2, 0.25) is 0 Å². The van der Waals surface area contributed by atoms with Gasteiger partial charge < -0.3 is 10.5 Å². The Kier molecular flexibility index (Phi) is 5.31. The highest BCUT2D eigenvalue weighted by molar-refractivity contribution is 6.30. The largest absolute Gasteiger partial charge is 0.370 e. The Morgan fingerprint density at radius 2 is 2.19 bits per heavy atom. The molecule has 1 aromatic carbocycles. The summed E-state index contributed by atoms with van der Waals surface area (Å²) in [6.07, 6.45) is 1.14. The predicted octanol–water partition coefficient (Wildman–Crippen LogP) is 3.62. The van der Waals surface area contributed by atoms with Crippen molar-refractivity contribution in [3.63, 3.8) is 0 Å². The molecule has 2 rings (SSSR count). The fourth-order valence-electron chi connectivity index (χ4n) is 3.36. The molecule has 3 nitrogen and oxygen atoms in total. The molecule has 1 aliphatic heterocycles. The van der Waals surface area contributed by atoms with Gasteiger partial charge in [-0.25, -0.2) is 0 Å². The second-order valence-corrected chi connectivity index (χ2v) is 7.13. The Labute approximate surface area is 133 Å². The Morgan fingerprint density at radius 3 is 2.76 bits per heavy atom. The molecule has 0 bridgehead atoms. The molecule has 1 fully saturated rings. The van der Waals surface area contributed by atoms with Gasteiger partial charge in [0.25, 0.3) is 0 Å². The van der Waals surface area contributed by atoms with E-state index in [1.807, 2.05) is 18.2 Å². The van der Waals surface area contributed by atoms with Crippen LogP contribution in [-0.2, 0) is 4.74 Å². The van der Waals surface area contributed by atoms with Crippen LogP contribution in [0.4, 0.5) is 0 Å². The lowest BCUT2D eigenvalue weighted by atomic mass is 9.93. The number of hydrogen-bond donors (Lipinski definition) is 1. The summed E-state index contributed by atoms with van der Waals surface area (Å²) in [7, 11) is 0. The second-order valence-electron chi connectivity index (χ2n) is 6.69. The number of ether oxygens (including phenoxy) is 1. The van der Waals surface area contributed by atoms with Gasteiger partial charge in [-0.05, 0) is 44.9 Å². The molecule has 21 heavy (non-hydrogen) atoms. The average molecular weight is 311 g/mol. The lowest BCUT2D eigenvalue weighted by Crippen LogP contribution is -2.55. The van der Waals surface area contributed by atoms with Crippen LogP contribution in [0.1, 0.15) is 45.7 Å². The minimum atomic E-state index is -0.151. The molecule has 0 spiro atoms. The summed E-state index contributed by atoms with van der Waals surface area (Å²) in [5.41, 5.74) is 7.48. The smallest absolute Gasteiger partial charge is 0.0757 e. The molecule has 0 aromatic heterocycles. The van der Waals surface area contributed by atoms with Crippen LogP contribution in [0.2, 0.25) is 5.02 Å². The number of nitrogens with two attached hydrogens (primary N) is 1. The van der Waals surface area contributed by atoms with Crippen molar-refractivity contribution in [1.82, 2.24) is 4.90 Å². The van der Waals surface area contributed by atoms with E-state index in [1.54, 1.807) is 0 Å². The summed E-state index contributed by atoms with van der Waals surface area (Å²) in [6.45, 7) is 10.3. The molecule has 1 heterocycles. The SMILES string of the molecule is CCC(N)C(c1cccc(Cl)c1)N1CC(C)OC(C)(C)C1. The van der Waals surface area contributed by atoms with Crippen LogP contribution in [0.25, 0.3) is 0 Å². The standard InChI is InChI=1S/C17H27ClN2O/c1-5-15(19)16(13-7-6-8-14(18)9-13)20-10-12(2)21-17(3,4)11-20/h6-9,12,15-16H,5,10-11,19H2,1-4H3. The van der Waals surface area contributed by atoms with Crippen LogP contribution in [0.15, 0.2) is 24.3 Å². The highest BCUT2D eigenvalue weighted by Gasteiger charge is 2.37. The maximum atomic E-state index is 6.44. The molecule has 0 aliphatic carbocycles. The Hall–Kier alpha value is -0.610. The van der Waals surface area contributed by atoms with E-state index in [4.69, 9.17) is 22.1 Å². The molecule has 0 amide bonds. The first-order valence-electron chi connectivity index (χ1n) is 7.75. The van der Waals surface area contributed by atoms with E-state index in [0.29, 0.717) is 0 Å². The molecule has 0 radical (unpaired) electrons. The molecule has 1 aromatic rings. The first-order valence-corrected chi connectivity index (χ1v) is 8.13. The summed E-state index contributed by atoms with van der Waals surface area (Å²) in [6, 6.07) is 8.34. The fraction of sp³-hybridized carbons (Fsp3) is 0.647. The van der Waals surface area contributed by atoms with Gasteiger partial charge in [-0.15, -0.1) is 0 Å². The number of hydrogen-bond acceptors (Lipinski definition) is 3. The molecule has 3 unspecified atom stereocenters. The van der Waals surface area contributed by atoms with Crippen LogP contribution in [0.3, 0.4) is 0 Å². The van der Waals surface area contributed by atoms with Gasteiger partial charge in [0.15, 0.2) is 0 Å². The Balaban J connectivity index is 2.32. The van der Waals surface area contributed by atoms with Crippen LogP contribution in [0.5, 0.6) is 0 Å². The van der Waals surface area contributed by atoms with Crippen molar-refractivity contribution in [2.45, 2.75) is 57.9 Å². The molecule has 1 aliphatic rings. The van der Waals surface area contributed by atoms with E-state index in [0.717, 1.165) is 24.5 Å². The topological polar surface area (TPSA) is 38.5 Å². The van der Waals surface area contributed by atoms with E-state index >= 15 is 0 Å². The molecule has 0 saturated carbocycles. The number of nitrogens with zero attached hydrogens (tertiary/aromatic N) is 1. The number of morpholine rings is 1. The van der Waals surface area contributed by atoms with E-state index in [2.05, 4.69) is 38.7 Å². The van der Waals surface area contributed by atoms with Gasteiger partial charge in [0.1, 0.15) is 0 Å². The zero-order valence-electron chi connectivity index (χ0n) is 13.5. The third-order valence-electron chi connectivity index (χ3n) is 4.06. The molecule has 118 valence electrons. The molecule has 2 N–H and O–H groups in total. The van der Waals surface area contributed by atoms with Gasteiger partial charge in [0, 0.05) is 24.2 Å². The minimum absolute atomic E-state index is 0.0876. The van der Waals surface area contributed by atoms with E-state index in [9.17, 15) is 0 Å². The molecule has 4 heteroatoms. The lowest BCUT2D eigenvalue weighted by molar-refractivity contribution is -0.140. The normalized spacial score (nSPS) is 25.5. The van der Waals surface area contributed by atoms with Crippen molar-refractivity contribution in [1.29, 1.82) is 0 Å². The predicted molar refractivity (Wildman–Crippen MR) is 88.7 cm³/mol. The van der Waals surface area contributed by atoms with Gasteiger partial charge in [-0.1, -0.05) is 30.7 Å². The van der Waals surface area contributed by atoms with Gasteiger partial charge in [0.05, 0.1) is 17.7 Å². The van der Waals surface area contributed by atoms with Crippen molar-refractivity contribution in [3.8, 4) is 0 Å². The third-order valence-corrected chi connectivity index (χ3v) is 4.29. The first-order chi connectivity index (χ1) is 9.82. The molecule has 1 saturated heterocycles. The minimum Gasteiger partial charge on any atom is -0.370 e. The van der Waals surface area contributed by atoms with Gasteiger partial charge in [-0.2, -0.15) is 0 Å². The summed E-state index contributed by atoms with van der Waals surface area (Å²) in [5, 5.41) is 0.765. The zero-order valence-corrected chi connectivity index (χ0v) is 14.2. The van der Waals surface area contributed by atoms with Crippen LogP contribution >= 0.6 is 11.6 Å². The second kappa shape index (κ2) is 6.66. The summed E-state index contributed by atoms with van der Waals surface area (Å²) < 4.78 is 6.02. The Bertz CT molecular complexity index is 478. The monoisotopic (exact) mass is 310 g/mol. The van der Waals surface area contributed by atoms with Gasteiger partial charge in [-0.3, -0.25) is 4.90 Å². The fourth-order valence-corrected chi connectivity index (χ4v) is 3.56. The number of benzene rings is 1. The van der Waals surface area contributed by atoms with Crippen LogP contribution in [0, 0.1) is 0 Å². The zero-order chi connectivity index (χ0) is 15.6. The average Bonchev–Trinajstić information content (AvgIpc) is 2.36. The lowest BCUT2D eigenvalue weighted by Gasteiger charge is -2.46. The first kappa shape index (κ1) is 16.8. The highest BCUT2D eigenvalue weighted by atomic mass is 35.5. The van der Waals surface area contributed by atoms with Crippen molar-refractivity contribution < 1.29 is 4.74 Å². The Morgan fingerprint density at radius 1 is 1.48 bits per heavy atom. The third kappa shape index (κ3) is 4.19. The van der Waals surface area contributed by atoms with E-state index in [-0.39, 0.29) is 23.8 Å². The van der Waals surface area contributed by atoms with Crippen molar-refractivity contribution in [2.75, 3.05) is 13.1 Å². The maximum absolute atomic E-state index is 6.44. The highest BCUT2D eigenvalue weighted by Crippen LogP contribution is 2.32. The summed E-state index contributed by atoms with van der Waals surface area (Å²) in [4.78, 5) is 2.45. The van der Waals surface area contributed by atoms with Crippen LogP contribution < -0.4 is 5.73 Å². The molecule has 3 atom stereocenters.